The van der Waals surface area contributed by atoms with Crippen LogP contribution in [0.25, 0.3) is 21.2 Å². The second-order valence-electron chi connectivity index (χ2n) is 6.14. The number of hydrogen-bond donors (Lipinski definition) is 1. The van der Waals surface area contributed by atoms with Crippen molar-refractivity contribution in [3.05, 3.63) is 88.5 Å². The van der Waals surface area contributed by atoms with Crippen molar-refractivity contribution in [2.45, 2.75) is 6.18 Å². The van der Waals surface area contributed by atoms with Gasteiger partial charge >= 0.3 is 6.18 Å². The van der Waals surface area contributed by atoms with Gasteiger partial charge in [0.2, 0.25) is 0 Å². The third-order valence-electron chi connectivity index (χ3n) is 4.25. The van der Waals surface area contributed by atoms with E-state index in [0.29, 0.717) is 10.1 Å². The standard InChI is InChI=1S/C21H12F3NO3S/c22-21(23,24)13-6-3-5-12(11-13)17-18(26)14-7-1-2-9-16(14)29-20(17)25-19(27)15-8-4-10-28-15/h1-11H,(H,25,27). The van der Waals surface area contributed by atoms with Crippen LogP contribution >= 0.6 is 11.3 Å². The Morgan fingerprint density at radius 1 is 1.00 bits per heavy atom. The molecule has 1 N–H and O–H groups in total. The third kappa shape index (κ3) is 3.66. The van der Waals surface area contributed by atoms with Crippen molar-refractivity contribution in [2.75, 3.05) is 5.32 Å². The fourth-order valence-electron chi connectivity index (χ4n) is 2.92. The Morgan fingerprint density at radius 3 is 2.52 bits per heavy atom. The molecule has 4 rings (SSSR count). The van der Waals surface area contributed by atoms with Crippen molar-refractivity contribution in [2.24, 2.45) is 0 Å². The van der Waals surface area contributed by atoms with Gasteiger partial charge in [0, 0.05) is 10.1 Å². The first kappa shape index (κ1) is 18.9. The lowest BCUT2D eigenvalue weighted by Gasteiger charge is -2.13. The van der Waals surface area contributed by atoms with Crippen molar-refractivity contribution in [1.29, 1.82) is 0 Å². The van der Waals surface area contributed by atoms with E-state index in [1.54, 1.807) is 24.3 Å². The summed E-state index contributed by atoms with van der Waals surface area (Å²) in [4.78, 5) is 25.6. The molecule has 0 spiro atoms. The molecule has 146 valence electrons. The molecule has 0 saturated carbocycles. The van der Waals surface area contributed by atoms with Crippen LogP contribution < -0.4 is 10.7 Å². The minimum absolute atomic E-state index is 0.000272. The van der Waals surface area contributed by atoms with Crippen LogP contribution in [-0.2, 0) is 6.18 Å². The molecule has 29 heavy (non-hydrogen) atoms. The third-order valence-corrected chi connectivity index (χ3v) is 5.33. The van der Waals surface area contributed by atoms with Gasteiger partial charge in [-0.1, -0.05) is 24.3 Å². The summed E-state index contributed by atoms with van der Waals surface area (Å²) in [6.07, 6.45) is -3.23. The van der Waals surface area contributed by atoms with Crippen molar-refractivity contribution >= 4 is 32.3 Å². The Kier molecular flexibility index (Phi) is 4.71. The number of alkyl halides is 3. The lowest BCUT2D eigenvalue weighted by Crippen LogP contribution is -2.15. The van der Waals surface area contributed by atoms with Gasteiger partial charge in [-0.2, -0.15) is 13.2 Å². The molecular formula is C21H12F3NO3S. The molecule has 0 bridgehead atoms. The second kappa shape index (κ2) is 7.21. The average molecular weight is 415 g/mol. The zero-order valence-corrected chi connectivity index (χ0v) is 15.4. The largest absolute Gasteiger partial charge is 0.459 e. The molecule has 8 heteroatoms. The summed E-state index contributed by atoms with van der Waals surface area (Å²) < 4.78 is 45.2. The molecule has 0 fully saturated rings. The first-order valence-corrected chi connectivity index (χ1v) is 9.24. The minimum atomic E-state index is -4.56. The number of amides is 1. The fourth-order valence-corrected chi connectivity index (χ4v) is 4.01. The molecule has 1 amide bonds. The summed E-state index contributed by atoms with van der Waals surface area (Å²) in [6.45, 7) is 0. The number of nitrogens with one attached hydrogen (secondary N) is 1. The van der Waals surface area contributed by atoms with Crippen LogP contribution in [0.2, 0.25) is 0 Å². The molecule has 0 aliphatic heterocycles. The van der Waals surface area contributed by atoms with Crippen molar-refractivity contribution in [1.82, 2.24) is 0 Å². The van der Waals surface area contributed by atoms with E-state index < -0.39 is 23.1 Å². The molecule has 0 aliphatic carbocycles. The van der Waals surface area contributed by atoms with Crippen molar-refractivity contribution in [3.63, 3.8) is 0 Å². The second-order valence-corrected chi connectivity index (χ2v) is 7.19. The van der Waals surface area contributed by atoms with Gasteiger partial charge in [-0.3, -0.25) is 9.59 Å². The topological polar surface area (TPSA) is 59.3 Å². The monoisotopic (exact) mass is 415 g/mol. The molecule has 2 aromatic carbocycles. The number of carbonyl (C=O) groups excluding carboxylic acids is 1. The van der Waals surface area contributed by atoms with E-state index in [4.69, 9.17) is 4.42 Å². The normalized spacial score (nSPS) is 11.6. The Labute approximate surface area is 166 Å². The lowest BCUT2D eigenvalue weighted by atomic mass is 10.0. The minimum Gasteiger partial charge on any atom is -0.459 e. The van der Waals surface area contributed by atoms with Gasteiger partial charge in [-0.15, -0.1) is 11.3 Å². The van der Waals surface area contributed by atoms with Crippen LogP contribution in [-0.4, -0.2) is 5.91 Å². The number of benzene rings is 2. The maximum absolute atomic E-state index is 13.2. The molecule has 0 unspecified atom stereocenters. The number of anilines is 1. The molecule has 2 heterocycles. The summed E-state index contributed by atoms with van der Waals surface area (Å²) in [5.74, 6) is -0.582. The van der Waals surface area contributed by atoms with E-state index in [1.807, 2.05) is 0 Å². The van der Waals surface area contributed by atoms with Gasteiger partial charge < -0.3 is 9.73 Å². The number of furan rings is 1. The maximum Gasteiger partial charge on any atom is 0.416 e. The number of fused-ring (bicyclic) bond motifs is 1. The van der Waals surface area contributed by atoms with Crippen LogP contribution in [0.4, 0.5) is 18.2 Å². The molecule has 4 aromatic rings. The van der Waals surface area contributed by atoms with Gasteiger partial charge in [0.25, 0.3) is 5.91 Å². The highest BCUT2D eigenvalue weighted by Gasteiger charge is 2.31. The van der Waals surface area contributed by atoms with Gasteiger partial charge in [0.15, 0.2) is 11.2 Å². The van der Waals surface area contributed by atoms with Crippen LogP contribution in [0.3, 0.4) is 0 Å². The maximum atomic E-state index is 13.2. The zero-order chi connectivity index (χ0) is 20.6. The number of rotatable bonds is 3. The van der Waals surface area contributed by atoms with Gasteiger partial charge in [-0.25, -0.2) is 0 Å². The average Bonchev–Trinajstić information content (AvgIpc) is 3.23. The highest BCUT2D eigenvalue weighted by Crippen LogP contribution is 2.36. The van der Waals surface area contributed by atoms with E-state index in [1.165, 1.54) is 30.5 Å². The molecular weight excluding hydrogens is 403 g/mol. The summed E-state index contributed by atoms with van der Waals surface area (Å²) in [5, 5.41) is 3.12. The molecule has 0 radical (unpaired) electrons. The molecule has 4 nitrogen and oxygen atoms in total. The highest BCUT2D eigenvalue weighted by molar-refractivity contribution is 7.22. The van der Waals surface area contributed by atoms with Gasteiger partial charge in [0.1, 0.15) is 5.00 Å². The smallest absolute Gasteiger partial charge is 0.416 e. The number of carbonyl (C=O) groups is 1. The van der Waals surface area contributed by atoms with Crippen LogP contribution in [0, 0.1) is 0 Å². The van der Waals surface area contributed by atoms with E-state index in [2.05, 4.69) is 5.32 Å². The van der Waals surface area contributed by atoms with Gasteiger partial charge in [-0.05, 0) is 42.0 Å². The van der Waals surface area contributed by atoms with E-state index in [9.17, 15) is 22.8 Å². The van der Waals surface area contributed by atoms with Crippen LogP contribution in [0.1, 0.15) is 16.1 Å². The Hall–Kier alpha value is -3.39. The van der Waals surface area contributed by atoms with Crippen molar-refractivity contribution < 1.29 is 22.4 Å². The predicted molar refractivity (Wildman–Crippen MR) is 105 cm³/mol. The lowest BCUT2D eigenvalue weighted by molar-refractivity contribution is -0.137. The Balaban J connectivity index is 1.93. The molecule has 2 aromatic heterocycles. The quantitative estimate of drug-likeness (QED) is 0.461. The zero-order valence-electron chi connectivity index (χ0n) is 14.6. The number of hydrogen-bond acceptors (Lipinski definition) is 4. The molecule has 0 atom stereocenters. The first-order chi connectivity index (χ1) is 13.8. The highest BCUT2D eigenvalue weighted by atomic mass is 32.1. The first-order valence-electron chi connectivity index (χ1n) is 8.43. The summed E-state index contributed by atoms with van der Waals surface area (Å²) in [7, 11) is 0. The predicted octanol–water partition coefficient (Wildman–Crippen LogP) is 5.79. The Bertz CT molecular complexity index is 1260. The number of halogens is 3. The molecule has 0 saturated heterocycles. The molecule has 0 aliphatic rings. The SMILES string of the molecule is O=C(Nc1sc2ccccc2c(=O)c1-c1cccc(C(F)(F)F)c1)c1ccco1. The van der Waals surface area contributed by atoms with Gasteiger partial charge in [0.05, 0.1) is 17.4 Å². The summed E-state index contributed by atoms with van der Waals surface area (Å²) in [6, 6.07) is 14.2. The van der Waals surface area contributed by atoms with Crippen molar-refractivity contribution in [3.8, 4) is 11.1 Å². The van der Waals surface area contributed by atoms with Crippen LogP contribution in [0.15, 0.2) is 76.1 Å². The van der Waals surface area contributed by atoms with E-state index in [0.717, 1.165) is 23.5 Å². The Morgan fingerprint density at radius 2 is 1.79 bits per heavy atom. The fraction of sp³-hybridized carbons (Fsp3) is 0.0476. The van der Waals surface area contributed by atoms with E-state index >= 15 is 0 Å². The van der Waals surface area contributed by atoms with E-state index in [-0.39, 0.29) is 21.9 Å². The van der Waals surface area contributed by atoms with Crippen LogP contribution in [0.5, 0.6) is 0 Å². The summed E-state index contributed by atoms with van der Waals surface area (Å²) in [5.41, 5.74) is -1.27. The summed E-state index contributed by atoms with van der Waals surface area (Å²) >= 11 is 1.11.